The van der Waals surface area contributed by atoms with Gasteiger partial charge in [0.2, 0.25) is 0 Å². The topological polar surface area (TPSA) is 161 Å². The number of fused-ring (bicyclic) bond motifs is 1. The Morgan fingerprint density at radius 2 is 1.06 bits per heavy atom. The van der Waals surface area contributed by atoms with Crippen LogP contribution in [0.2, 0.25) is 0 Å². The summed E-state index contributed by atoms with van der Waals surface area (Å²) in [5.74, 6) is -5.75. The molecule has 0 amide bonds. The van der Waals surface area contributed by atoms with Gasteiger partial charge < -0.3 is 33.5 Å². The predicted molar refractivity (Wildman–Crippen MR) is 163 cm³/mol. The Labute approximate surface area is 272 Å². The van der Waals surface area contributed by atoms with Crippen LogP contribution in [-0.4, -0.2) is 82.8 Å². The second kappa shape index (κ2) is 12.4. The zero-order valence-electron chi connectivity index (χ0n) is 27.3. The second-order valence-corrected chi connectivity index (χ2v) is 13.1. The van der Waals surface area contributed by atoms with E-state index in [1.54, 1.807) is 76.2 Å². The zero-order chi connectivity index (χ0) is 34.5. The van der Waals surface area contributed by atoms with Crippen molar-refractivity contribution in [2.45, 2.75) is 96.3 Å². The molecular weight excluding hydrogens is 612 g/mol. The van der Waals surface area contributed by atoms with E-state index in [-0.39, 0.29) is 11.1 Å². The third-order valence-electron chi connectivity index (χ3n) is 9.87. The maximum Gasteiger partial charge on any atom is 0.338 e. The lowest BCUT2D eigenvalue weighted by Crippen LogP contribution is -2.81. The van der Waals surface area contributed by atoms with E-state index in [9.17, 15) is 29.1 Å². The monoisotopic (exact) mass is 652 g/mol. The minimum absolute atomic E-state index is 0.145. The molecule has 12 heteroatoms. The average molecular weight is 653 g/mol. The lowest BCUT2D eigenvalue weighted by Gasteiger charge is -2.64. The summed E-state index contributed by atoms with van der Waals surface area (Å²) in [6.07, 6.45) is -8.60. The highest BCUT2D eigenvalue weighted by Crippen LogP contribution is 2.68. The summed E-state index contributed by atoms with van der Waals surface area (Å²) in [7, 11) is 0. The highest BCUT2D eigenvalue weighted by molar-refractivity contribution is 5.90. The van der Waals surface area contributed by atoms with Gasteiger partial charge in [0, 0.05) is 26.7 Å². The Hall–Kier alpha value is -4.29. The number of carbonyl (C=O) groups is 5. The Morgan fingerprint density at radius 3 is 1.51 bits per heavy atom. The summed E-state index contributed by atoms with van der Waals surface area (Å²) < 4.78 is 37.0. The number of ether oxygens (including phenoxy) is 6. The van der Waals surface area contributed by atoms with Crippen molar-refractivity contribution in [3.8, 4) is 0 Å². The SMILES string of the molecule is CC(=O)O[C@@H]1[C@H](O)[C@@H](C)[C@]23OC(C)(C)[C@H]([C@H](OC(C)=O)[C@H](OC(=O)c4ccccc4)[C@]2(C)[C@H]1OC(=O)c1ccccc1)[C@H]3OC(C)=O. The van der Waals surface area contributed by atoms with Gasteiger partial charge in [-0.05, 0) is 45.0 Å². The molecule has 252 valence electrons. The smallest absolute Gasteiger partial charge is 0.338 e. The molecule has 2 saturated carbocycles. The predicted octanol–water partition coefficient (Wildman–Crippen LogP) is 3.43. The Morgan fingerprint density at radius 1 is 0.638 bits per heavy atom. The maximum absolute atomic E-state index is 13.8. The first-order valence-corrected chi connectivity index (χ1v) is 15.5. The number of benzene rings is 2. The van der Waals surface area contributed by atoms with Crippen LogP contribution in [0.1, 0.15) is 69.2 Å². The highest BCUT2D eigenvalue weighted by Gasteiger charge is 2.85. The minimum atomic E-state index is -1.80. The van der Waals surface area contributed by atoms with E-state index < -0.39 is 94.9 Å². The van der Waals surface area contributed by atoms with Crippen molar-refractivity contribution < 1.29 is 57.5 Å². The minimum Gasteiger partial charge on any atom is -0.459 e. The van der Waals surface area contributed by atoms with Gasteiger partial charge in [0.15, 0.2) is 18.3 Å². The van der Waals surface area contributed by atoms with Crippen LogP contribution in [0.3, 0.4) is 0 Å². The summed E-state index contributed by atoms with van der Waals surface area (Å²) in [5, 5.41) is 11.9. The molecule has 1 N–H and O–H groups in total. The third kappa shape index (κ3) is 5.57. The van der Waals surface area contributed by atoms with Crippen molar-refractivity contribution >= 4 is 29.8 Å². The molecule has 10 atom stereocenters. The van der Waals surface area contributed by atoms with Gasteiger partial charge in [0.25, 0.3) is 0 Å². The van der Waals surface area contributed by atoms with Crippen molar-refractivity contribution in [1.29, 1.82) is 0 Å². The van der Waals surface area contributed by atoms with Gasteiger partial charge >= 0.3 is 29.8 Å². The van der Waals surface area contributed by atoms with Gasteiger partial charge in [-0.3, -0.25) is 14.4 Å². The molecule has 3 fully saturated rings. The molecule has 0 radical (unpaired) electrons. The van der Waals surface area contributed by atoms with Gasteiger partial charge in [0.1, 0.15) is 23.9 Å². The van der Waals surface area contributed by atoms with Crippen LogP contribution in [0.25, 0.3) is 0 Å². The van der Waals surface area contributed by atoms with Crippen molar-refractivity contribution in [3.63, 3.8) is 0 Å². The third-order valence-corrected chi connectivity index (χ3v) is 9.87. The van der Waals surface area contributed by atoms with Gasteiger partial charge in [0.05, 0.1) is 28.1 Å². The van der Waals surface area contributed by atoms with Crippen molar-refractivity contribution in [2.24, 2.45) is 17.3 Å². The van der Waals surface area contributed by atoms with Gasteiger partial charge in [-0.15, -0.1) is 0 Å². The summed E-state index contributed by atoms with van der Waals surface area (Å²) in [4.78, 5) is 65.6. The molecule has 0 aromatic heterocycles. The molecule has 47 heavy (non-hydrogen) atoms. The first kappa shape index (κ1) is 34.1. The summed E-state index contributed by atoms with van der Waals surface area (Å²) in [5.41, 5.74) is -4.45. The molecular formula is C35H40O12. The zero-order valence-corrected chi connectivity index (χ0v) is 27.3. The molecule has 2 bridgehead atoms. The fourth-order valence-corrected chi connectivity index (χ4v) is 8.10. The van der Waals surface area contributed by atoms with Crippen LogP contribution in [0, 0.1) is 17.3 Å². The molecule has 2 aliphatic carbocycles. The van der Waals surface area contributed by atoms with Crippen LogP contribution in [0.5, 0.6) is 0 Å². The van der Waals surface area contributed by atoms with Crippen LogP contribution >= 0.6 is 0 Å². The molecule has 1 heterocycles. The molecule has 1 aliphatic heterocycles. The van der Waals surface area contributed by atoms with Gasteiger partial charge in [-0.1, -0.05) is 43.3 Å². The quantitative estimate of drug-likeness (QED) is 0.343. The molecule has 1 spiro atoms. The number of aliphatic hydroxyl groups is 1. The lowest BCUT2D eigenvalue weighted by molar-refractivity contribution is -0.331. The normalized spacial score (nSPS) is 35.1. The Balaban J connectivity index is 1.81. The fraction of sp³-hybridized carbons (Fsp3) is 0.514. The molecule has 12 nitrogen and oxygen atoms in total. The number of hydrogen-bond acceptors (Lipinski definition) is 12. The average Bonchev–Trinajstić information content (AvgIpc) is 3.21. The first-order valence-electron chi connectivity index (χ1n) is 15.5. The van der Waals surface area contributed by atoms with E-state index in [1.807, 2.05) is 0 Å². The second-order valence-electron chi connectivity index (χ2n) is 13.1. The van der Waals surface area contributed by atoms with E-state index in [1.165, 1.54) is 26.0 Å². The summed E-state index contributed by atoms with van der Waals surface area (Å²) in [6.45, 7) is 10.2. The van der Waals surface area contributed by atoms with E-state index in [4.69, 9.17) is 28.4 Å². The lowest BCUT2D eigenvalue weighted by atomic mass is 9.47. The van der Waals surface area contributed by atoms with Crippen LogP contribution < -0.4 is 0 Å². The van der Waals surface area contributed by atoms with E-state index in [2.05, 4.69) is 0 Å². The Kier molecular flexibility index (Phi) is 8.97. The van der Waals surface area contributed by atoms with E-state index in [0.717, 1.165) is 6.92 Å². The number of esters is 5. The molecule has 2 aromatic rings. The van der Waals surface area contributed by atoms with Crippen molar-refractivity contribution in [1.82, 2.24) is 0 Å². The van der Waals surface area contributed by atoms with Crippen molar-refractivity contribution in [2.75, 3.05) is 0 Å². The van der Waals surface area contributed by atoms with Crippen LogP contribution in [-0.2, 0) is 42.8 Å². The molecule has 2 aromatic carbocycles. The van der Waals surface area contributed by atoms with Crippen LogP contribution in [0.4, 0.5) is 0 Å². The largest absolute Gasteiger partial charge is 0.459 e. The maximum atomic E-state index is 13.8. The number of carbonyl (C=O) groups excluding carboxylic acids is 5. The van der Waals surface area contributed by atoms with Gasteiger partial charge in [-0.2, -0.15) is 0 Å². The van der Waals surface area contributed by atoms with E-state index >= 15 is 0 Å². The van der Waals surface area contributed by atoms with E-state index in [0.29, 0.717) is 0 Å². The highest BCUT2D eigenvalue weighted by atomic mass is 16.6. The molecule has 1 saturated heterocycles. The Bertz CT molecular complexity index is 1540. The summed E-state index contributed by atoms with van der Waals surface area (Å²) in [6, 6.07) is 16.1. The standard InChI is InChI=1S/C35H40O12/c1-18-25(39)27(43-20(3)37)30(46-32(41)23-16-12-9-13-17-23)34(7)29(45-31(40)22-14-10-8-11-15-22)26(42-19(2)36)24-28(44-21(4)38)35(18,34)47-33(24,5)6/h8-18,24-30,39H,1-7H3/t18-,24-,25-,26+,27-,28-,29+,30+,34-,35-/m1/s1. The number of hydrogen-bond donors (Lipinski definition) is 1. The van der Waals surface area contributed by atoms with Crippen molar-refractivity contribution in [3.05, 3.63) is 71.8 Å². The molecule has 5 rings (SSSR count). The number of aliphatic hydroxyl groups excluding tert-OH is 1. The van der Waals surface area contributed by atoms with Gasteiger partial charge in [-0.25, -0.2) is 9.59 Å². The fourth-order valence-electron chi connectivity index (χ4n) is 8.10. The molecule has 3 aliphatic rings. The van der Waals surface area contributed by atoms with Crippen LogP contribution in [0.15, 0.2) is 60.7 Å². The first-order chi connectivity index (χ1) is 22.1. The summed E-state index contributed by atoms with van der Waals surface area (Å²) >= 11 is 0. The number of rotatable bonds is 7. The molecule has 0 unspecified atom stereocenters.